The molecule has 1 heterocycles. The highest BCUT2D eigenvalue weighted by atomic mass is 16.6. The number of rotatable bonds is 7. The Bertz CT molecular complexity index is 571. The zero-order chi connectivity index (χ0) is 17.5. The number of nitro benzene ring substituents is 1. The highest BCUT2D eigenvalue weighted by Crippen LogP contribution is 2.31. The van der Waals surface area contributed by atoms with Gasteiger partial charge in [0.05, 0.1) is 4.92 Å². The molecule has 0 saturated carbocycles. The second-order valence-electron chi connectivity index (χ2n) is 6.11. The number of ether oxygens (including phenoxy) is 1. The molecular formula is C17H25N3O4. The van der Waals surface area contributed by atoms with Gasteiger partial charge in [-0.1, -0.05) is 12.1 Å². The molecule has 0 unspecified atom stereocenters. The van der Waals surface area contributed by atoms with Gasteiger partial charge in [-0.3, -0.25) is 14.9 Å². The molecule has 1 aliphatic rings. The molecule has 7 heteroatoms. The molecule has 1 aromatic rings. The molecule has 0 N–H and O–H groups in total. The maximum absolute atomic E-state index is 12.5. The zero-order valence-electron chi connectivity index (χ0n) is 14.3. The minimum absolute atomic E-state index is 0.00318. The van der Waals surface area contributed by atoms with Crippen LogP contribution in [-0.4, -0.2) is 56.1 Å². The van der Waals surface area contributed by atoms with E-state index in [1.807, 2.05) is 18.0 Å². The van der Waals surface area contributed by atoms with E-state index in [1.165, 1.54) is 6.07 Å². The predicted molar refractivity (Wildman–Crippen MR) is 92.2 cm³/mol. The van der Waals surface area contributed by atoms with Crippen LogP contribution in [-0.2, 0) is 9.53 Å². The molecule has 0 aromatic heterocycles. The van der Waals surface area contributed by atoms with Gasteiger partial charge in [-0.25, -0.2) is 0 Å². The van der Waals surface area contributed by atoms with Crippen molar-refractivity contribution in [3.8, 4) is 0 Å². The third-order valence-corrected chi connectivity index (χ3v) is 4.48. The molecular weight excluding hydrogens is 310 g/mol. The van der Waals surface area contributed by atoms with Crippen molar-refractivity contribution < 1.29 is 14.5 Å². The van der Waals surface area contributed by atoms with E-state index < -0.39 is 0 Å². The average Bonchev–Trinajstić information content (AvgIpc) is 2.61. The van der Waals surface area contributed by atoms with Crippen LogP contribution < -0.4 is 4.90 Å². The van der Waals surface area contributed by atoms with Crippen LogP contribution in [0.4, 0.5) is 11.4 Å². The van der Waals surface area contributed by atoms with Gasteiger partial charge in [0, 0.05) is 52.4 Å². The van der Waals surface area contributed by atoms with E-state index in [-0.39, 0.29) is 22.4 Å². The topological polar surface area (TPSA) is 75.9 Å². The lowest BCUT2D eigenvalue weighted by molar-refractivity contribution is -0.384. The molecule has 0 radical (unpaired) electrons. The molecule has 0 spiro atoms. The fourth-order valence-corrected chi connectivity index (χ4v) is 3.12. The van der Waals surface area contributed by atoms with Gasteiger partial charge < -0.3 is 14.5 Å². The number of hydrogen-bond acceptors (Lipinski definition) is 5. The van der Waals surface area contributed by atoms with Crippen molar-refractivity contribution in [2.45, 2.75) is 19.3 Å². The van der Waals surface area contributed by atoms with Gasteiger partial charge in [-0.2, -0.15) is 0 Å². The van der Waals surface area contributed by atoms with Gasteiger partial charge in [-0.15, -0.1) is 0 Å². The number of para-hydroxylation sites is 2. The number of nitro groups is 1. The molecule has 1 saturated heterocycles. The molecule has 1 amide bonds. The summed E-state index contributed by atoms with van der Waals surface area (Å²) in [7, 11) is 3.48. The van der Waals surface area contributed by atoms with Crippen molar-refractivity contribution in [3.05, 3.63) is 34.4 Å². The lowest BCUT2D eigenvalue weighted by Crippen LogP contribution is -2.41. The van der Waals surface area contributed by atoms with Gasteiger partial charge in [0.1, 0.15) is 5.69 Å². The first-order chi connectivity index (χ1) is 11.5. The van der Waals surface area contributed by atoms with Gasteiger partial charge in [0.25, 0.3) is 5.69 Å². The molecule has 132 valence electrons. The highest BCUT2D eigenvalue weighted by Gasteiger charge is 2.29. The number of piperidine rings is 1. The standard InChI is InChI=1S/C17H25N3O4/c1-18(10-5-13-24-2)17(21)14-8-11-19(12-9-14)15-6-3-4-7-16(15)20(22)23/h3-4,6-7,14H,5,8-13H2,1-2H3. The zero-order valence-corrected chi connectivity index (χ0v) is 14.3. The summed E-state index contributed by atoms with van der Waals surface area (Å²) in [6.07, 6.45) is 2.27. The fraction of sp³-hybridized carbons (Fsp3) is 0.588. The minimum atomic E-state index is -0.351. The Labute approximate surface area is 142 Å². The number of carbonyl (C=O) groups excluding carboxylic acids is 1. The molecule has 24 heavy (non-hydrogen) atoms. The third kappa shape index (κ3) is 4.44. The second-order valence-corrected chi connectivity index (χ2v) is 6.11. The number of amides is 1. The summed E-state index contributed by atoms with van der Waals surface area (Å²) in [6, 6.07) is 6.78. The number of carbonyl (C=O) groups is 1. The van der Waals surface area contributed by atoms with Crippen molar-refractivity contribution >= 4 is 17.3 Å². The largest absolute Gasteiger partial charge is 0.385 e. The summed E-state index contributed by atoms with van der Waals surface area (Å²) in [5, 5.41) is 11.2. The fourth-order valence-electron chi connectivity index (χ4n) is 3.12. The number of benzene rings is 1. The van der Waals surface area contributed by atoms with Crippen LogP contribution in [0, 0.1) is 16.0 Å². The summed E-state index contributed by atoms with van der Waals surface area (Å²) < 4.78 is 5.01. The smallest absolute Gasteiger partial charge is 0.292 e. The molecule has 0 bridgehead atoms. The summed E-state index contributed by atoms with van der Waals surface area (Å²) in [5.41, 5.74) is 0.765. The van der Waals surface area contributed by atoms with Crippen molar-refractivity contribution in [2.24, 2.45) is 5.92 Å². The van der Waals surface area contributed by atoms with E-state index in [2.05, 4.69) is 0 Å². The molecule has 1 fully saturated rings. The lowest BCUT2D eigenvalue weighted by Gasteiger charge is -2.34. The van der Waals surface area contributed by atoms with Crippen LogP contribution in [0.15, 0.2) is 24.3 Å². The number of hydrogen-bond donors (Lipinski definition) is 0. The van der Waals surface area contributed by atoms with E-state index in [1.54, 1.807) is 24.1 Å². The van der Waals surface area contributed by atoms with E-state index >= 15 is 0 Å². The Morgan fingerprint density at radius 2 is 2.04 bits per heavy atom. The Hall–Kier alpha value is -2.15. The van der Waals surface area contributed by atoms with E-state index in [0.29, 0.717) is 31.9 Å². The first-order valence-corrected chi connectivity index (χ1v) is 8.27. The molecule has 0 aliphatic carbocycles. The Kier molecular flexibility index (Phi) is 6.54. The van der Waals surface area contributed by atoms with Crippen LogP contribution in [0.1, 0.15) is 19.3 Å². The maximum atomic E-state index is 12.5. The molecule has 0 atom stereocenters. The Balaban J connectivity index is 1.92. The molecule has 7 nitrogen and oxygen atoms in total. The Morgan fingerprint density at radius 3 is 2.67 bits per heavy atom. The van der Waals surface area contributed by atoms with E-state index in [4.69, 9.17) is 4.74 Å². The third-order valence-electron chi connectivity index (χ3n) is 4.48. The van der Waals surface area contributed by atoms with Crippen LogP contribution in [0.3, 0.4) is 0 Å². The van der Waals surface area contributed by atoms with Gasteiger partial charge in [0.2, 0.25) is 5.91 Å². The van der Waals surface area contributed by atoms with E-state index in [9.17, 15) is 14.9 Å². The van der Waals surface area contributed by atoms with E-state index in [0.717, 1.165) is 19.3 Å². The maximum Gasteiger partial charge on any atom is 0.292 e. The summed E-state index contributed by atoms with van der Waals surface area (Å²) in [5.74, 6) is 0.157. The summed E-state index contributed by atoms with van der Waals surface area (Å²) in [6.45, 7) is 2.66. The van der Waals surface area contributed by atoms with Crippen LogP contribution in [0.5, 0.6) is 0 Å². The number of nitrogens with zero attached hydrogens (tertiary/aromatic N) is 3. The van der Waals surface area contributed by atoms with Crippen LogP contribution in [0.25, 0.3) is 0 Å². The molecule has 1 aromatic carbocycles. The quantitative estimate of drug-likeness (QED) is 0.434. The highest BCUT2D eigenvalue weighted by molar-refractivity contribution is 5.79. The SMILES string of the molecule is COCCCN(C)C(=O)C1CCN(c2ccccc2[N+](=O)[O-])CC1. The van der Waals surface area contributed by atoms with Crippen molar-refractivity contribution in [1.82, 2.24) is 4.90 Å². The second kappa shape index (κ2) is 8.63. The van der Waals surface area contributed by atoms with Crippen LogP contribution >= 0.6 is 0 Å². The lowest BCUT2D eigenvalue weighted by atomic mass is 9.94. The number of methoxy groups -OCH3 is 1. The first kappa shape index (κ1) is 18.2. The van der Waals surface area contributed by atoms with Crippen molar-refractivity contribution in [1.29, 1.82) is 0 Å². The van der Waals surface area contributed by atoms with Gasteiger partial charge in [-0.05, 0) is 25.3 Å². The Morgan fingerprint density at radius 1 is 1.38 bits per heavy atom. The normalized spacial score (nSPS) is 15.3. The van der Waals surface area contributed by atoms with Gasteiger partial charge >= 0.3 is 0 Å². The van der Waals surface area contributed by atoms with Crippen molar-refractivity contribution in [3.63, 3.8) is 0 Å². The monoisotopic (exact) mass is 335 g/mol. The van der Waals surface area contributed by atoms with Gasteiger partial charge in [0.15, 0.2) is 0 Å². The summed E-state index contributed by atoms with van der Waals surface area (Å²) in [4.78, 5) is 27.1. The molecule has 2 rings (SSSR count). The first-order valence-electron chi connectivity index (χ1n) is 8.27. The summed E-state index contributed by atoms with van der Waals surface area (Å²) >= 11 is 0. The predicted octanol–water partition coefficient (Wildman–Crippen LogP) is 2.31. The average molecular weight is 335 g/mol. The van der Waals surface area contributed by atoms with Crippen molar-refractivity contribution in [2.75, 3.05) is 45.3 Å². The molecule has 1 aliphatic heterocycles. The van der Waals surface area contributed by atoms with Crippen LogP contribution in [0.2, 0.25) is 0 Å². The minimum Gasteiger partial charge on any atom is -0.385 e. The number of anilines is 1.